The molecule has 0 spiro atoms. The predicted octanol–water partition coefficient (Wildman–Crippen LogP) is 22.2. The van der Waals surface area contributed by atoms with Gasteiger partial charge in [-0.15, -0.1) is 0 Å². The summed E-state index contributed by atoms with van der Waals surface area (Å²) in [7, 11) is -9.82. The largest absolute Gasteiger partial charge is 0.456 e. The van der Waals surface area contributed by atoms with E-state index in [1.165, 1.54) is 22.3 Å². The highest BCUT2D eigenvalue weighted by Crippen LogP contribution is 2.63. The van der Waals surface area contributed by atoms with Crippen LogP contribution in [0.4, 0.5) is 0 Å². The minimum Gasteiger partial charge on any atom is -0.456 e. The van der Waals surface area contributed by atoms with E-state index in [2.05, 4.69) is 113 Å². The van der Waals surface area contributed by atoms with Crippen molar-refractivity contribution in [1.82, 2.24) is 0 Å². The second kappa shape index (κ2) is 25.5. The molecule has 2 atom stereocenters. The summed E-state index contributed by atoms with van der Waals surface area (Å²) in [5.74, 6) is 7.37. The van der Waals surface area contributed by atoms with Crippen molar-refractivity contribution in [3.05, 3.63) is 343 Å². The van der Waals surface area contributed by atoms with Crippen LogP contribution in [0.3, 0.4) is 0 Å². The van der Waals surface area contributed by atoms with E-state index in [0.29, 0.717) is 101 Å². The highest BCUT2D eigenvalue weighted by molar-refractivity contribution is 7.87. The molecule has 6 aliphatic rings. The minimum atomic E-state index is -3.29. The van der Waals surface area contributed by atoms with E-state index in [1.807, 2.05) is 237 Å². The molecule has 0 saturated carbocycles. The van der Waals surface area contributed by atoms with Gasteiger partial charge in [-0.3, -0.25) is 0 Å². The van der Waals surface area contributed by atoms with E-state index < -0.39 is 21.4 Å². The Hall–Kier alpha value is -12.2. The summed E-state index contributed by atoms with van der Waals surface area (Å²) in [5, 5.41) is 6.24. The van der Waals surface area contributed by atoms with E-state index in [9.17, 15) is 0 Å². The first-order valence-electron chi connectivity index (χ1n) is 35.7. The third-order valence-electron chi connectivity index (χ3n) is 21.3. The Bertz CT molecular complexity index is 6260. The number of benzene rings is 15. The SMILES string of the molecule is Cc1ccccc1-c1cc2c3c(c1)Oc1ccc(-c4ccccc4C)cc1P3(=O)c1ccccc1O2.Cc1ccccc1-c1ccc2c(c1)P1(=O)c3cc(-c4ccccc4)ccc3Oc3cccc(c31)O2.Cc1ccccc1-c1ccc2c(c1)P1(=O)c3cc(-c4ccccc4C)ccc3Oc3cccc(c31)O2. The summed E-state index contributed by atoms with van der Waals surface area (Å²) in [6.07, 6.45) is 0. The van der Waals surface area contributed by atoms with E-state index >= 15 is 13.7 Å². The molecule has 0 radical (unpaired) electrons. The summed E-state index contributed by atoms with van der Waals surface area (Å²) in [6, 6.07) is 105. The van der Waals surface area contributed by atoms with Crippen LogP contribution in [-0.4, -0.2) is 0 Å². The zero-order valence-electron chi connectivity index (χ0n) is 59.0. The molecule has 2 unspecified atom stereocenters. The van der Waals surface area contributed by atoms with E-state index in [1.54, 1.807) is 0 Å². The van der Waals surface area contributed by atoms with Gasteiger partial charge in [0.15, 0.2) is 21.4 Å². The fourth-order valence-corrected chi connectivity index (χ4v) is 25.3. The number of rotatable bonds is 6. The normalized spacial score (nSPS) is 15.9. The molecule has 9 nitrogen and oxygen atoms in total. The summed E-state index contributed by atoms with van der Waals surface area (Å²) < 4.78 is 84.4. The number of ether oxygens (including phenoxy) is 6. The van der Waals surface area contributed by atoms with Gasteiger partial charge in [-0.2, -0.15) is 0 Å². The maximum atomic E-state index is 15.5. The second-order valence-corrected chi connectivity index (χ2v) is 35.7. The van der Waals surface area contributed by atoms with Gasteiger partial charge in [-0.05, 0) is 238 Å². The average Bonchev–Trinajstić information content (AvgIpc) is 0.712. The topological polar surface area (TPSA) is 107 Å². The first-order chi connectivity index (χ1) is 52.2. The van der Waals surface area contributed by atoms with E-state index in [0.717, 1.165) is 88.2 Å². The van der Waals surface area contributed by atoms with Gasteiger partial charge in [0, 0.05) is 0 Å². The average molecular weight is 1450 g/mol. The second-order valence-electron chi connectivity index (χ2n) is 27.8. The van der Waals surface area contributed by atoms with Crippen LogP contribution in [0, 0.1) is 34.6 Å². The highest BCUT2D eigenvalue weighted by atomic mass is 31.2. The fourth-order valence-electron chi connectivity index (χ4n) is 16.0. The predicted molar refractivity (Wildman–Crippen MR) is 434 cm³/mol. The van der Waals surface area contributed by atoms with Crippen molar-refractivity contribution in [3.8, 4) is 136 Å². The molecule has 21 rings (SSSR count). The molecule has 0 saturated heterocycles. The first kappa shape index (κ1) is 65.5. The number of fused-ring (bicyclic) bond motifs is 12. The molecule has 12 heteroatoms. The Morgan fingerprint density at radius 3 is 0.766 bits per heavy atom. The Balaban J connectivity index is 0.000000110. The lowest BCUT2D eigenvalue weighted by molar-refractivity contribution is 0.461. The van der Waals surface area contributed by atoms with Crippen molar-refractivity contribution < 1.29 is 42.1 Å². The monoisotopic (exact) mass is 1440 g/mol. The van der Waals surface area contributed by atoms with Crippen molar-refractivity contribution in [1.29, 1.82) is 0 Å². The Morgan fingerprint density at radius 2 is 0.421 bits per heavy atom. The van der Waals surface area contributed by atoms with Gasteiger partial charge >= 0.3 is 0 Å². The highest BCUT2D eigenvalue weighted by Gasteiger charge is 2.50. The third-order valence-corrected chi connectivity index (χ3v) is 30.7. The summed E-state index contributed by atoms with van der Waals surface area (Å²) >= 11 is 0. The molecule has 0 aromatic heterocycles. The van der Waals surface area contributed by atoms with Crippen molar-refractivity contribution in [2.75, 3.05) is 0 Å². The molecular weight excluding hydrogens is 1380 g/mol. The van der Waals surface area contributed by atoms with E-state index in [-0.39, 0.29) is 0 Å². The Labute approximate surface area is 621 Å². The van der Waals surface area contributed by atoms with Crippen LogP contribution >= 0.6 is 21.4 Å². The Kier molecular flexibility index (Phi) is 15.6. The van der Waals surface area contributed by atoms with Gasteiger partial charge in [0.25, 0.3) is 0 Å². The quantitative estimate of drug-likeness (QED) is 0.150. The zero-order valence-corrected chi connectivity index (χ0v) is 61.7. The summed E-state index contributed by atoms with van der Waals surface area (Å²) in [6.45, 7) is 10.5. The number of hydrogen-bond acceptors (Lipinski definition) is 9. The smallest absolute Gasteiger partial charge is 0.185 e. The van der Waals surface area contributed by atoms with Crippen LogP contribution in [0.15, 0.2) is 315 Å². The van der Waals surface area contributed by atoms with Gasteiger partial charge in [-0.1, -0.05) is 206 Å². The zero-order chi connectivity index (χ0) is 72.5. The molecule has 0 bridgehead atoms. The number of hydrogen-bond donors (Lipinski definition) is 0. The van der Waals surface area contributed by atoms with Crippen molar-refractivity contribution in [3.63, 3.8) is 0 Å². The van der Waals surface area contributed by atoms with Gasteiger partial charge in [0.2, 0.25) is 0 Å². The van der Waals surface area contributed by atoms with Crippen LogP contribution in [0.2, 0.25) is 0 Å². The fraction of sp³-hybridized carbons (Fsp3) is 0.0526. The molecule has 0 amide bonds. The summed E-state index contributed by atoms with van der Waals surface area (Å²) in [5.41, 5.74) is 18.6. The lowest BCUT2D eigenvalue weighted by atomic mass is 10.00. The molecule has 516 valence electrons. The maximum absolute atomic E-state index is 15.5. The van der Waals surface area contributed by atoms with Crippen LogP contribution in [-0.2, 0) is 13.7 Å². The molecule has 15 aromatic carbocycles. The van der Waals surface area contributed by atoms with E-state index in [4.69, 9.17) is 28.4 Å². The molecule has 107 heavy (non-hydrogen) atoms. The first-order valence-corrected chi connectivity index (χ1v) is 40.8. The molecule has 6 aliphatic heterocycles. The van der Waals surface area contributed by atoms with Gasteiger partial charge in [0.1, 0.15) is 84.9 Å². The lowest BCUT2D eigenvalue weighted by Gasteiger charge is -2.35. The maximum Gasteiger partial charge on any atom is 0.185 e. The molecule has 0 fully saturated rings. The standard InChI is InChI=1S/2C32H23O3P.C31H21O3P/c1-20-9-3-5-11-24(20)22-15-16-27-31(19-22)36(33)30-14-8-7-13-26(30)34-28-17-23(18-29(35-27)32(28)36)25-12-6-4-10-21(25)2;1-20-8-3-5-10-24(20)22-14-16-26-30(18-22)36(33)31-19-23(25-11-6-4-9-21(25)2)15-17-27(31)35-29-13-7-12-28(34-26)32(29)36;1-20-8-5-6-11-24(20)23-15-17-26-30(19-23)35(32)29-18-22(21-9-3-2-4-10-21)14-16-25(29)33-27-12-7-13-28(34-26)31(27)35/h2*3-19H,1-2H3;2-19H,1H3. The molecule has 0 aliphatic carbocycles. The van der Waals surface area contributed by atoms with Gasteiger partial charge in [-0.25, -0.2) is 0 Å². The van der Waals surface area contributed by atoms with Crippen molar-refractivity contribution >= 4 is 69.2 Å². The molecular formula is C95H67O9P3. The summed E-state index contributed by atoms with van der Waals surface area (Å²) in [4.78, 5) is 0. The lowest BCUT2D eigenvalue weighted by Crippen LogP contribution is -2.35. The third kappa shape index (κ3) is 10.6. The minimum absolute atomic E-state index is 0.595. The number of aryl methyl sites for hydroxylation is 5. The molecule has 15 aromatic rings. The van der Waals surface area contributed by atoms with Crippen LogP contribution in [0.25, 0.3) is 66.8 Å². The van der Waals surface area contributed by atoms with Crippen LogP contribution < -0.4 is 76.2 Å². The van der Waals surface area contributed by atoms with Crippen LogP contribution in [0.5, 0.6) is 69.0 Å². The van der Waals surface area contributed by atoms with Gasteiger partial charge < -0.3 is 42.1 Å². The van der Waals surface area contributed by atoms with Crippen molar-refractivity contribution in [2.45, 2.75) is 34.6 Å². The van der Waals surface area contributed by atoms with Crippen LogP contribution in [0.1, 0.15) is 27.8 Å². The Morgan fingerprint density at radius 1 is 0.178 bits per heavy atom. The van der Waals surface area contributed by atoms with Gasteiger partial charge in [0.05, 0.1) is 31.8 Å². The molecule has 0 N–H and O–H groups in total. The molecule has 6 heterocycles. The van der Waals surface area contributed by atoms with Crippen molar-refractivity contribution in [2.24, 2.45) is 0 Å². The number of para-hydroxylation sites is 1.